The Kier molecular flexibility index (Phi) is 11.1. The van der Waals surface area contributed by atoms with Gasteiger partial charge in [-0.2, -0.15) is 0 Å². The molecule has 0 spiro atoms. The Hall–Kier alpha value is -5.21. The van der Waals surface area contributed by atoms with Gasteiger partial charge in [0.2, 0.25) is 17.7 Å². The average Bonchev–Trinajstić information content (AvgIpc) is 3.79. The third kappa shape index (κ3) is 9.64. The van der Waals surface area contributed by atoms with Gasteiger partial charge in [0.25, 0.3) is 0 Å². The predicted molar refractivity (Wildman–Crippen MR) is 164 cm³/mol. The number of nitrogens with zero attached hydrogens (tertiary/aromatic N) is 3. The van der Waals surface area contributed by atoms with Gasteiger partial charge in [-0.1, -0.05) is 30.3 Å². The number of carbonyl (C=O) groups excluding carboxylic acids is 4. The zero-order valence-corrected chi connectivity index (χ0v) is 26.0. The van der Waals surface area contributed by atoms with Gasteiger partial charge in [0.15, 0.2) is 0 Å². The van der Waals surface area contributed by atoms with Crippen LogP contribution in [0.15, 0.2) is 55.4 Å². The molecule has 4 atom stereocenters. The van der Waals surface area contributed by atoms with Crippen molar-refractivity contribution in [2.75, 3.05) is 6.54 Å². The molecular formula is C31H40N8O7. The number of hydrogen-bond donors (Lipinski definition) is 6. The first-order chi connectivity index (χ1) is 21.9. The molecule has 4 rings (SSSR count). The lowest BCUT2D eigenvalue weighted by Gasteiger charge is -2.30. The van der Waals surface area contributed by atoms with E-state index in [0.29, 0.717) is 24.2 Å². The molecule has 46 heavy (non-hydrogen) atoms. The fourth-order valence-corrected chi connectivity index (χ4v) is 5.18. The lowest BCUT2D eigenvalue weighted by atomic mass is 10.0. The van der Waals surface area contributed by atoms with E-state index >= 15 is 0 Å². The number of alkyl carbamates (subject to hydrolysis) is 1. The maximum Gasteiger partial charge on any atom is 0.408 e. The number of nitrogens with one attached hydrogen (secondary N) is 5. The van der Waals surface area contributed by atoms with Crippen molar-refractivity contribution in [3.63, 3.8) is 0 Å². The van der Waals surface area contributed by atoms with Crippen LogP contribution in [0.3, 0.4) is 0 Å². The standard InChI is InChI=1S/C31H40N8O7/c1-31(2,3)46-30(45)38-23(13-20-15-32-17-34-20)28(42)39-11-7-10-25(39)27(41)36-22(12-19-8-5-4-6-9-19)26(40)37-24(29(43)44)14-21-16-33-18-35-21/h4-6,8-9,15-18,22-25H,7,10-14H2,1-3H3,(H,32,34)(H,33,35)(H,36,41)(H,37,40)(H,38,45)(H,43,44)/t22-,23-,24-,25-/m0/s1. The number of carbonyl (C=O) groups is 5. The Morgan fingerprint density at radius 2 is 1.54 bits per heavy atom. The molecule has 6 N–H and O–H groups in total. The zero-order chi connectivity index (χ0) is 33.3. The third-order valence-electron chi connectivity index (χ3n) is 7.32. The van der Waals surface area contributed by atoms with Crippen LogP contribution in [0.4, 0.5) is 4.79 Å². The number of benzene rings is 1. The van der Waals surface area contributed by atoms with Crippen LogP contribution < -0.4 is 16.0 Å². The van der Waals surface area contributed by atoms with Crippen molar-refractivity contribution >= 4 is 29.8 Å². The monoisotopic (exact) mass is 636 g/mol. The van der Waals surface area contributed by atoms with E-state index in [2.05, 4.69) is 35.9 Å². The van der Waals surface area contributed by atoms with Gasteiger partial charge in [-0.15, -0.1) is 0 Å². The molecule has 1 aromatic carbocycles. The van der Waals surface area contributed by atoms with E-state index in [0.717, 1.165) is 5.56 Å². The van der Waals surface area contributed by atoms with Gasteiger partial charge in [0.05, 0.1) is 12.7 Å². The van der Waals surface area contributed by atoms with Crippen LogP contribution in [-0.4, -0.2) is 96.0 Å². The second-order valence-corrected chi connectivity index (χ2v) is 12.1. The van der Waals surface area contributed by atoms with E-state index in [1.807, 2.05) is 6.07 Å². The second kappa shape index (κ2) is 15.2. The summed E-state index contributed by atoms with van der Waals surface area (Å²) in [7, 11) is 0. The SMILES string of the molecule is CC(C)(C)OC(=O)N[C@@H](Cc1cnc[nH]1)C(=O)N1CCC[C@H]1C(=O)N[C@@H](Cc1ccccc1)C(=O)N[C@@H](Cc1cnc[nH]1)C(=O)O. The summed E-state index contributed by atoms with van der Waals surface area (Å²) in [6.45, 7) is 5.37. The molecule has 0 aliphatic carbocycles. The molecule has 15 heteroatoms. The van der Waals surface area contributed by atoms with Crippen molar-refractivity contribution in [3.8, 4) is 0 Å². The summed E-state index contributed by atoms with van der Waals surface area (Å²) in [5.74, 6) is -3.00. The molecule has 3 heterocycles. The lowest BCUT2D eigenvalue weighted by Crippen LogP contribution is -2.58. The first-order valence-corrected chi connectivity index (χ1v) is 15.0. The van der Waals surface area contributed by atoms with E-state index in [-0.39, 0.29) is 25.8 Å². The molecule has 0 bridgehead atoms. The average molecular weight is 637 g/mol. The Morgan fingerprint density at radius 1 is 0.913 bits per heavy atom. The fourth-order valence-electron chi connectivity index (χ4n) is 5.18. The van der Waals surface area contributed by atoms with Crippen molar-refractivity contribution in [1.82, 2.24) is 40.8 Å². The summed E-state index contributed by atoms with van der Waals surface area (Å²) in [4.78, 5) is 80.8. The number of amides is 4. The van der Waals surface area contributed by atoms with Crippen LogP contribution >= 0.6 is 0 Å². The van der Waals surface area contributed by atoms with Crippen LogP contribution in [0.25, 0.3) is 0 Å². The second-order valence-electron chi connectivity index (χ2n) is 12.1. The molecule has 1 saturated heterocycles. The summed E-state index contributed by atoms with van der Waals surface area (Å²) < 4.78 is 5.37. The van der Waals surface area contributed by atoms with Crippen molar-refractivity contribution in [3.05, 3.63) is 72.3 Å². The van der Waals surface area contributed by atoms with Crippen LogP contribution in [-0.2, 0) is 43.2 Å². The molecule has 0 unspecified atom stereocenters. The summed E-state index contributed by atoms with van der Waals surface area (Å²) in [6.07, 6.45) is 6.06. The summed E-state index contributed by atoms with van der Waals surface area (Å²) in [6, 6.07) is 4.56. The van der Waals surface area contributed by atoms with Gasteiger partial charge in [0, 0.05) is 49.6 Å². The Morgan fingerprint density at radius 3 is 2.11 bits per heavy atom. The van der Waals surface area contributed by atoms with Crippen LogP contribution in [0.1, 0.15) is 50.6 Å². The maximum atomic E-state index is 13.9. The molecule has 0 radical (unpaired) electrons. The number of rotatable bonds is 13. The molecular weight excluding hydrogens is 596 g/mol. The van der Waals surface area contributed by atoms with E-state index < -0.39 is 59.6 Å². The number of carboxylic acid groups (broad SMARTS) is 1. The molecule has 0 saturated carbocycles. The van der Waals surface area contributed by atoms with Gasteiger partial charge in [-0.25, -0.2) is 19.6 Å². The minimum Gasteiger partial charge on any atom is -0.480 e. The summed E-state index contributed by atoms with van der Waals surface area (Å²) >= 11 is 0. The molecule has 1 aliphatic rings. The highest BCUT2D eigenvalue weighted by Gasteiger charge is 2.40. The minimum absolute atomic E-state index is 0.0413. The van der Waals surface area contributed by atoms with E-state index in [4.69, 9.17) is 4.74 Å². The largest absolute Gasteiger partial charge is 0.480 e. The quantitative estimate of drug-likeness (QED) is 0.158. The van der Waals surface area contributed by atoms with Crippen LogP contribution in [0.2, 0.25) is 0 Å². The van der Waals surface area contributed by atoms with Crippen molar-refractivity contribution in [2.45, 2.75) is 82.6 Å². The van der Waals surface area contributed by atoms with E-state index in [1.54, 1.807) is 45.0 Å². The molecule has 3 aromatic rings. The Bertz CT molecular complexity index is 1470. The van der Waals surface area contributed by atoms with Gasteiger partial charge in [-0.3, -0.25) is 14.4 Å². The fraction of sp³-hybridized carbons (Fsp3) is 0.452. The number of aromatic nitrogens is 4. The predicted octanol–water partition coefficient (Wildman–Crippen LogP) is 1.10. The smallest absolute Gasteiger partial charge is 0.408 e. The van der Waals surface area contributed by atoms with Crippen LogP contribution in [0, 0.1) is 0 Å². The number of ether oxygens (including phenoxy) is 1. The van der Waals surface area contributed by atoms with Crippen molar-refractivity contribution in [1.29, 1.82) is 0 Å². The van der Waals surface area contributed by atoms with Gasteiger partial charge >= 0.3 is 12.1 Å². The van der Waals surface area contributed by atoms with Crippen molar-refractivity contribution in [2.24, 2.45) is 0 Å². The molecule has 15 nitrogen and oxygen atoms in total. The first-order valence-electron chi connectivity index (χ1n) is 15.0. The topological polar surface area (TPSA) is 211 Å². The Balaban J connectivity index is 1.51. The van der Waals surface area contributed by atoms with Gasteiger partial charge in [-0.05, 0) is 39.2 Å². The van der Waals surface area contributed by atoms with Crippen molar-refractivity contribution < 1.29 is 33.8 Å². The van der Waals surface area contributed by atoms with E-state index in [9.17, 15) is 29.1 Å². The highest BCUT2D eigenvalue weighted by atomic mass is 16.6. The highest BCUT2D eigenvalue weighted by Crippen LogP contribution is 2.20. The first kappa shape index (κ1) is 33.7. The van der Waals surface area contributed by atoms with Gasteiger partial charge < -0.3 is 40.7 Å². The van der Waals surface area contributed by atoms with E-state index in [1.165, 1.54) is 29.9 Å². The molecule has 2 aromatic heterocycles. The normalized spacial score (nSPS) is 16.6. The molecule has 1 aliphatic heterocycles. The van der Waals surface area contributed by atoms with Crippen LogP contribution in [0.5, 0.6) is 0 Å². The number of likely N-dealkylation sites (tertiary alicyclic amines) is 1. The highest BCUT2D eigenvalue weighted by molar-refractivity contribution is 5.95. The zero-order valence-electron chi connectivity index (χ0n) is 26.0. The Labute approximate surface area is 265 Å². The van der Waals surface area contributed by atoms with Gasteiger partial charge in [0.1, 0.15) is 29.8 Å². The number of aromatic amines is 2. The lowest BCUT2D eigenvalue weighted by molar-refractivity contribution is -0.143. The molecule has 246 valence electrons. The summed E-state index contributed by atoms with van der Waals surface area (Å²) in [5, 5.41) is 17.7. The molecule has 4 amide bonds. The number of hydrogen-bond acceptors (Lipinski definition) is 8. The maximum absolute atomic E-state index is 13.9. The number of H-pyrrole nitrogens is 2. The summed E-state index contributed by atoms with van der Waals surface area (Å²) in [5.41, 5.74) is 1.05. The number of imidazole rings is 2. The number of aliphatic carboxylic acids is 1. The molecule has 1 fully saturated rings. The number of carboxylic acids is 1. The third-order valence-corrected chi connectivity index (χ3v) is 7.32. The minimum atomic E-state index is -1.28.